The Labute approximate surface area is 128 Å². The van der Waals surface area contributed by atoms with Gasteiger partial charge in [0.2, 0.25) is 10.0 Å². The second-order valence-electron chi connectivity index (χ2n) is 4.42. The summed E-state index contributed by atoms with van der Waals surface area (Å²) in [4.78, 5) is 10.3. The SMILES string of the molecule is CNc1cc(S(=O)(=O)NCCC(C)SC)ccc1[N+](=O)[O-]. The lowest BCUT2D eigenvalue weighted by Gasteiger charge is -2.11. The predicted molar refractivity (Wildman–Crippen MR) is 85.4 cm³/mol. The van der Waals surface area contributed by atoms with Gasteiger partial charge in [-0.05, 0) is 24.8 Å². The fourth-order valence-electron chi connectivity index (χ4n) is 1.64. The molecule has 2 N–H and O–H groups in total. The molecule has 0 amide bonds. The van der Waals surface area contributed by atoms with Gasteiger partial charge in [0.05, 0.1) is 9.82 Å². The molecular weight excluding hydrogens is 314 g/mol. The van der Waals surface area contributed by atoms with E-state index in [-0.39, 0.29) is 16.3 Å². The van der Waals surface area contributed by atoms with E-state index in [4.69, 9.17) is 0 Å². The summed E-state index contributed by atoms with van der Waals surface area (Å²) in [5.41, 5.74) is 0.00723. The van der Waals surface area contributed by atoms with E-state index in [2.05, 4.69) is 10.0 Å². The molecule has 0 radical (unpaired) electrons. The van der Waals surface area contributed by atoms with E-state index in [1.54, 1.807) is 11.8 Å². The predicted octanol–water partition coefficient (Wildman–Crippen LogP) is 2.06. The van der Waals surface area contributed by atoms with Crippen LogP contribution in [-0.4, -0.2) is 38.4 Å². The van der Waals surface area contributed by atoms with Crippen LogP contribution >= 0.6 is 11.8 Å². The summed E-state index contributed by atoms with van der Waals surface area (Å²) in [7, 11) is -2.15. The number of anilines is 1. The molecule has 0 aromatic heterocycles. The smallest absolute Gasteiger partial charge is 0.292 e. The van der Waals surface area contributed by atoms with Crippen LogP contribution in [0.3, 0.4) is 0 Å². The van der Waals surface area contributed by atoms with Crippen molar-refractivity contribution in [2.45, 2.75) is 23.5 Å². The number of nitrogens with one attached hydrogen (secondary N) is 2. The van der Waals surface area contributed by atoms with Crippen molar-refractivity contribution >= 4 is 33.2 Å². The minimum atomic E-state index is -3.66. The standard InChI is InChI=1S/C12H19N3O4S2/c1-9(20-3)6-7-14-21(18,19)10-4-5-12(15(16)17)11(8-10)13-2/h4-5,8-9,13-14H,6-7H2,1-3H3. The van der Waals surface area contributed by atoms with Crippen LogP contribution in [0.1, 0.15) is 13.3 Å². The molecule has 0 spiro atoms. The molecule has 0 fully saturated rings. The average molecular weight is 333 g/mol. The number of sulfonamides is 1. The maximum Gasteiger partial charge on any atom is 0.292 e. The Morgan fingerprint density at radius 1 is 1.43 bits per heavy atom. The first-order valence-corrected chi connectivity index (χ1v) is 9.07. The van der Waals surface area contributed by atoms with Crippen molar-refractivity contribution < 1.29 is 13.3 Å². The van der Waals surface area contributed by atoms with Crippen LogP contribution in [0.15, 0.2) is 23.1 Å². The Kier molecular flexibility index (Phi) is 6.43. The molecular formula is C12H19N3O4S2. The third-order valence-electron chi connectivity index (χ3n) is 2.99. The van der Waals surface area contributed by atoms with Gasteiger partial charge in [-0.15, -0.1) is 0 Å². The van der Waals surface area contributed by atoms with Crippen molar-refractivity contribution in [2.75, 3.05) is 25.2 Å². The number of nitro groups is 1. The van der Waals surface area contributed by atoms with Crippen LogP contribution in [0.4, 0.5) is 11.4 Å². The number of nitro benzene ring substituents is 1. The highest BCUT2D eigenvalue weighted by atomic mass is 32.2. The molecule has 0 aliphatic heterocycles. The van der Waals surface area contributed by atoms with Crippen molar-refractivity contribution in [1.29, 1.82) is 0 Å². The fourth-order valence-corrected chi connectivity index (χ4v) is 3.07. The first-order valence-electron chi connectivity index (χ1n) is 6.30. The summed E-state index contributed by atoms with van der Waals surface area (Å²) in [6, 6.07) is 3.68. The molecule has 0 aliphatic rings. The summed E-state index contributed by atoms with van der Waals surface area (Å²) in [5, 5.41) is 13.8. The number of benzene rings is 1. The zero-order chi connectivity index (χ0) is 16.0. The van der Waals surface area contributed by atoms with Gasteiger partial charge < -0.3 is 5.32 Å². The number of rotatable bonds is 8. The van der Waals surface area contributed by atoms with Gasteiger partial charge in [-0.1, -0.05) is 6.92 Å². The van der Waals surface area contributed by atoms with Crippen molar-refractivity contribution in [3.05, 3.63) is 28.3 Å². The number of nitrogens with zero attached hydrogens (tertiary/aromatic N) is 1. The Balaban J connectivity index is 2.91. The lowest BCUT2D eigenvalue weighted by Crippen LogP contribution is -2.26. The molecule has 0 aliphatic carbocycles. The normalized spacial score (nSPS) is 12.9. The Morgan fingerprint density at radius 2 is 2.10 bits per heavy atom. The molecule has 1 unspecified atom stereocenters. The van der Waals surface area contributed by atoms with Crippen LogP contribution in [0, 0.1) is 10.1 Å². The molecule has 0 bridgehead atoms. The van der Waals surface area contributed by atoms with Crippen LogP contribution in [-0.2, 0) is 10.0 Å². The molecule has 0 saturated carbocycles. The number of hydrogen-bond donors (Lipinski definition) is 2. The van der Waals surface area contributed by atoms with Gasteiger partial charge in [0.25, 0.3) is 5.69 Å². The maximum absolute atomic E-state index is 12.1. The summed E-state index contributed by atoms with van der Waals surface area (Å²) < 4.78 is 26.8. The van der Waals surface area contributed by atoms with Crippen molar-refractivity contribution in [3.63, 3.8) is 0 Å². The fraction of sp³-hybridized carbons (Fsp3) is 0.500. The lowest BCUT2D eigenvalue weighted by atomic mass is 10.3. The summed E-state index contributed by atoms with van der Waals surface area (Å²) in [6.07, 6.45) is 2.68. The minimum absolute atomic E-state index is 0.00857. The summed E-state index contributed by atoms with van der Waals surface area (Å²) in [5.74, 6) is 0. The van der Waals surface area contributed by atoms with Crippen LogP contribution in [0.25, 0.3) is 0 Å². The number of hydrogen-bond acceptors (Lipinski definition) is 6. The van der Waals surface area contributed by atoms with E-state index in [1.807, 2.05) is 13.2 Å². The Hall–Kier alpha value is -1.32. The highest BCUT2D eigenvalue weighted by molar-refractivity contribution is 7.99. The quantitative estimate of drug-likeness (QED) is 0.558. The molecule has 118 valence electrons. The molecule has 9 heteroatoms. The van der Waals surface area contributed by atoms with E-state index in [0.717, 1.165) is 0 Å². The zero-order valence-corrected chi connectivity index (χ0v) is 13.8. The topological polar surface area (TPSA) is 101 Å². The molecule has 7 nitrogen and oxygen atoms in total. The van der Waals surface area contributed by atoms with Crippen molar-refractivity contribution in [3.8, 4) is 0 Å². The average Bonchev–Trinajstić information content (AvgIpc) is 2.45. The van der Waals surface area contributed by atoms with Crippen molar-refractivity contribution in [2.24, 2.45) is 0 Å². The molecule has 1 aromatic carbocycles. The van der Waals surface area contributed by atoms with Crippen LogP contribution in [0.2, 0.25) is 0 Å². The van der Waals surface area contributed by atoms with Gasteiger partial charge in [0.15, 0.2) is 0 Å². The molecule has 1 rings (SSSR count). The van der Waals surface area contributed by atoms with Gasteiger partial charge in [0.1, 0.15) is 5.69 Å². The van der Waals surface area contributed by atoms with Crippen LogP contribution in [0.5, 0.6) is 0 Å². The summed E-state index contributed by atoms with van der Waals surface area (Å²) in [6.45, 7) is 2.35. The van der Waals surface area contributed by atoms with E-state index in [9.17, 15) is 18.5 Å². The lowest BCUT2D eigenvalue weighted by molar-refractivity contribution is -0.384. The second-order valence-corrected chi connectivity index (χ2v) is 7.46. The van der Waals surface area contributed by atoms with E-state index in [1.165, 1.54) is 25.2 Å². The third kappa shape index (κ3) is 4.87. The van der Waals surface area contributed by atoms with Gasteiger partial charge in [0, 0.05) is 24.9 Å². The Bertz CT molecular complexity index is 605. The highest BCUT2D eigenvalue weighted by Gasteiger charge is 2.19. The molecule has 0 saturated heterocycles. The van der Waals surface area contributed by atoms with E-state index in [0.29, 0.717) is 18.2 Å². The first kappa shape index (κ1) is 17.7. The van der Waals surface area contributed by atoms with Gasteiger partial charge in [-0.2, -0.15) is 11.8 Å². The first-order chi connectivity index (χ1) is 9.81. The van der Waals surface area contributed by atoms with Gasteiger partial charge in [-0.3, -0.25) is 10.1 Å². The van der Waals surface area contributed by atoms with E-state index < -0.39 is 14.9 Å². The minimum Gasteiger partial charge on any atom is -0.383 e. The number of thioether (sulfide) groups is 1. The summed E-state index contributed by atoms with van der Waals surface area (Å²) >= 11 is 1.66. The molecule has 21 heavy (non-hydrogen) atoms. The molecule has 1 atom stereocenters. The molecule has 1 aromatic rings. The van der Waals surface area contributed by atoms with Gasteiger partial charge >= 0.3 is 0 Å². The van der Waals surface area contributed by atoms with Crippen LogP contribution < -0.4 is 10.0 Å². The third-order valence-corrected chi connectivity index (χ3v) is 5.49. The monoisotopic (exact) mass is 333 g/mol. The van der Waals surface area contributed by atoms with Crippen molar-refractivity contribution in [1.82, 2.24) is 4.72 Å². The van der Waals surface area contributed by atoms with Gasteiger partial charge in [-0.25, -0.2) is 13.1 Å². The zero-order valence-electron chi connectivity index (χ0n) is 12.1. The maximum atomic E-state index is 12.1. The van der Waals surface area contributed by atoms with E-state index >= 15 is 0 Å². The second kappa shape index (κ2) is 7.62. The Morgan fingerprint density at radius 3 is 2.62 bits per heavy atom. The highest BCUT2D eigenvalue weighted by Crippen LogP contribution is 2.26. The largest absolute Gasteiger partial charge is 0.383 e. The molecule has 0 heterocycles.